The normalized spacial score (nSPS) is 11.1. The SMILES string of the molecule is CC(C)OCCCn1c(SCC(=O)Nc2ccccc2)nc2nccnc2c1=O. The lowest BCUT2D eigenvalue weighted by molar-refractivity contribution is -0.113. The van der Waals surface area contributed by atoms with E-state index in [9.17, 15) is 9.59 Å². The molecule has 29 heavy (non-hydrogen) atoms. The second kappa shape index (κ2) is 10.1. The number of nitrogens with one attached hydrogen (secondary N) is 1. The summed E-state index contributed by atoms with van der Waals surface area (Å²) in [7, 11) is 0. The molecule has 1 N–H and O–H groups in total. The van der Waals surface area contributed by atoms with Gasteiger partial charge >= 0.3 is 0 Å². The van der Waals surface area contributed by atoms with Crippen molar-refractivity contribution in [2.45, 2.75) is 38.1 Å². The third kappa shape index (κ3) is 5.85. The van der Waals surface area contributed by atoms with Crippen LogP contribution in [0.1, 0.15) is 20.3 Å². The molecule has 0 unspecified atom stereocenters. The number of thioether (sulfide) groups is 1. The third-order valence-electron chi connectivity index (χ3n) is 3.93. The lowest BCUT2D eigenvalue weighted by atomic mass is 10.3. The van der Waals surface area contributed by atoms with E-state index in [1.165, 1.54) is 24.2 Å². The second-order valence-corrected chi connectivity index (χ2v) is 7.50. The molecule has 0 aliphatic carbocycles. The Bertz CT molecular complexity index is 1020. The van der Waals surface area contributed by atoms with E-state index in [1.807, 2.05) is 44.2 Å². The van der Waals surface area contributed by atoms with Gasteiger partial charge in [0.05, 0.1) is 11.9 Å². The highest BCUT2D eigenvalue weighted by atomic mass is 32.2. The average Bonchev–Trinajstić information content (AvgIpc) is 2.71. The van der Waals surface area contributed by atoms with Crippen molar-refractivity contribution >= 4 is 34.5 Å². The van der Waals surface area contributed by atoms with Crippen LogP contribution in [0.15, 0.2) is 52.7 Å². The zero-order valence-corrected chi connectivity index (χ0v) is 17.2. The number of amides is 1. The molecule has 2 heterocycles. The largest absolute Gasteiger partial charge is 0.379 e. The fourth-order valence-corrected chi connectivity index (χ4v) is 3.44. The summed E-state index contributed by atoms with van der Waals surface area (Å²) < 4.78 is 7.10. The standard InChI is InChI=1S/C20H23N5O3S/c1-14(2)28-12-6-11-25-19(27)17-18(22-10-9-21-17)24-20(25)29-13-16(26)23-15-7-4-3-5-8-15/h3-5,7-10,14H,6,11-13H2,1-2H3,(H,23,26). The third-order valence-corrected chi connectivity index (χ3v) is 4.90. The van der Waals surface area contributed by atoms with Crippen molar-refractivity contribution in [3.63, 3.8) is 0 Å². The van der Waals surface area contributed by atoms with E-state index >= 15 is 0 Å². The van der Waals surface area contributed by atoms with E-state index in [4.69, 9.17) is 4.74 Å². The zero-order valence-electron chi connectivity index (χ0n) is 16.4. The lowest BCUT2D eigenvalue weighted by Gasteiger charge is -2.13. The van der Waals surface area contributed by atoms with Gasteiger partial charge in [0, 0.05) is 31.2 Å². The summed E-state index contributed by atoms with van der Waals surface area (Å²) in [6.45, 7) is 4.88. The number of carbonyl (C=O) groups is 1. The molecule has 0 fully saturated rings. The fraction of sp³-hybridized carbons (Fsp3) is 0.350. The van der Waals surface area contributed by atoms with Gasteiger partial charge in [-0.05, 0) is 32.4 Å². The van der Waals surface area contributed by atoms with Gasteiger partial charge in [-0.15, -0.1) is 0 Å². The van der Waals surface area contributed by atoms with Gasteiger partial charge in [0.25, 0.3) is 5.56 Å². The van der Waals surface area contributed by atoms with Gasteiger partial charge in [0.1, 0.15) is 0 Å². The van der Waals surface area contributed by atoms with E-state index in [1.54, 1.807) is 4.57 Å². The maximum atomic E-state index is 12.9. The van der Waals surface area contributed by atoms with Crippen LogP contribution in [0.3, 0.4) is 0 Å². The molecule has 2 aromatic heterocycles. The van der Waals surface area contributed by atoms with Crippen molar-refractivity contribution < 1.29 is 9.53 Å². The summed E-state index contributed by atoms with van der Waals surface area (Å²) in [5.41, 5.74) is 0.950. The lowest BCUT2D eigenvalue weighted by Crippen LogP contribution is -2.26. The number of para-hydroxylation sites is 1. The number of hydrogen-bond donors (Lipinski definition) is 1. The van der Waals surface area contributed by atoms with Crippen molar-refractivity contribution in [3.05, 3.63) is 53.1 Å². The molecule has 3 aromatic rings. The summed E-state index contributed by atoms with van der Waals surface area (Å²) in [6, 6.07) is 9.22. The van der Waals surface area contributed by atoms with Crippen LogP contribution in [0.5, 0.6) is 0 Å². The summed E-state index contributed by atoms with van der Waals surface area (Å²) >= 11 is 1.20. The molecule has 0 radical (unpaired) electrons. The first kappa shape index (κ1) is 20.9. The number of aromatic nitrogens is 4. The molecular formula is C20H23N5O3S. The van der Waals surface area contributed by atoms with Crippen LogP contribution < -0.4 is 10.9 Å². The topological polar surface area (TPSA) is 99.0 Å². The first-order valence-electron chi connectivity index (χ1n) is 9.35. The van der Waals surface area contributed by atoms with E-state index in [2.05, 4.69) is 20.3 Å². The minimum atomic E-state index is -0.265. The number of benzene rings is 1. The summed E-state index contributed by atoms with van der Waals surface area (Å²) in [5.74, 6) is -0.0559. The Balaban J connectivity index is 1.76. The molecular weight excluding hydrogens is 390 g/mol. The minimum absolute atomic E-state index is 0.121. The van der Waals surface area contributed by atoms with Crippen molar-refractivity contribution in [2.24, 2.45) is 0 Å². The van der Waals surface area contributed by atoms with Gasteiger partial charge in [-0.1, -0.05) is 30.0 Å². The van der Waals surface area contributed by atoms with Gasteiger partial charge in [0.2, 0.25) is 5.91 Å². The van der Waals surface area contributed by atoms with Crippen LogP contribution in [-0.4, -0.2) is 43.9 Å². The predicted octanol–water partition coefficient (Wildman–Crippen LogP) is 2.73. The maximum Gasteiger partial charge on any atom is 0.282 e. The van der Waals surface area contributed by atoms with Crippen LogP contribution in [0, 0.1) is 0 Å². The van der Waals surface area contributed by atoms with Crippen LogP contribution in [-0.2, 0) is 16.1 Å². The highest BCUT2D eigenvalue weighted by Crippen LogP contribution is 2.17. The molecule has 0 bridgehead atoms. The van der Waals surface area contributed by atoms with E-state index in [0.29, 0.717) is 24.7 Å². The Morgan fingerprint density at radius 2 is 1.97 bits per heavy atom. The van der Waals surface area contributed by atoms with Gasteiger partial charge in [0.15, 0.2) is 16.3 Å². The fourth-order valence-electron chi connectivity index (χ4n) is 2.63. The van der Waals surface area contributed by atoms with E-state index < -0.39 is 0 Å². The summed E-state index contributed by atoms with van der Waals surface area (Å²) in [4.78, 5) is 37.9. The predicted molar refractivity (Wildman–Crippen MR) is 113 cm³/mol. The van der Waals surface area contributed by atoms with Crippen molar-refractivity contribution in [1.29, 1.82) is 0 Å². The molecule has 1 amide bonds. The molecule has 0 aliphatic rings. The molecule has 152 valence electrons. The highest BCUT2D eigenvalue weighted by Gasteiger charge is 2.15. The number of anilines is 1. The molecule has 9 heteroatoms. The molecule has 0 spiro atoms. The van der Waals surface area contributed by atoms with Crippen LogP contribution in [0.2, 0.25) is 0 Å². The number of fused-ring (bicyclic) bond motifs is 1. The number of ether oxygens (including phenoxy) is 1. The Kier molecular flexibility index (Phi) is 7.31. The van der Waals surface area contributed by atoms with Crippen molar-refractivity contribution in [3.8, 4) is 0 Å². The highest BCUT2D eigenvalue weighted by molar-refractivity contribution is 7.99. The summed E-state index contributed by atoms with van der Waals surface area (Å²) in [6.07, 6.45) is 3.74. The van der Waals surface area contributed by atoms with Crippen LogP contribution >= 0.6 is 11.8 Å². The first-order valence-corrected chi connectivity index (χ1v) is 10.3. The average molecular weight is 414 g/mol. The van der Waals surface area contributed by atoms with Gasteiger partial charge in [-0.25, -0.2) is 15.0 Å². The van der Waals surface area contributed by atoms with E-state index in [0.717, 1.165) is 5.69 Å². The van der Waals surface area contributed by atoms with Gasteiger partial charge < -0.3 is 10.1 Å². The van der Waals surface area contributed by atoms with E-state index in [-0.39, 0.29) is 34.5 Å². The quantitative estimate of drug-likeness (QED) is 0.327. The Hall–Kier alpha value is -2.78. The second-order valence-electron chi connectivity index (χ2n) is 6.56. The minimum Gasteiger partial charge on any atom is -0.379 e. The molecule has 0 atom stereocenters. The maximum absolute atomic E-state index is 12.9. The first-order chi connectivity index (χ1) is 14.0. The molecule has 1 aromatic carbocycles. The van der Waals surface area contributed by atoms with Crippen LogP contribution in [0.25, 0.3) is 11.2 Å². The number of nitrogens with zero attached hydrogens (tertiary/aromatic N) is 4. The Labute approximate surface area is 172 Å². The number of rotatable bonds is 9. The molecule has 8 nitrogen and oxygen atoms in total. The Morgan fingerprint density at radius 1 is 1.21 bits per heavy atom. The zero-order chi connectivity index (χ0) is 20.6. The molecule has 0 saturated carbocycles. The molecule has 3 rings (SSSR count). The monoisotopic (exact) mass is 413 g/mol. The Morgan fingerprint density at radius 3 is 2.72 bits per heavy atom. The molecule has 0 aliphatic heterocycles. The van der Waals surface area contributed by atoms with Gasteiger partial charge in [-0.2, -0.15) is 0 Å². The number of carbonyl (C=O) groups excluding carboxylic acids is 1. The molecule has 0 saturated heterocycles. The van der Waals surface area contributed by atoms with Gasteiger partial charge in [-0.3, -0.25) is 14.2 Å². The number of hydrogen-bond acceptors (Lipinski definition) is 7. The van der Waals surface area contributed by atoms with Crippen LogP contribution in [0.4, 0.5) is 5.69 Å². The summed E-state index contributed by atoms with van der Waals surface area (Å²) in [5, 5.41) is 3.27. The van der Waals surface area contributed by atoms with Crippen molar-refractivity contribution in [2.75, 3.05) is 17.7 Å². The smallest absolute Gasteiger partial charge is 0.282 e. The van der Waals surface area contributed by atoms with Crippen molar-refractivity contribution in [1.82, 2.24) is 19.5 Å².